The molecule has 1 heterocycles. The summed E-state index contributed by atoms with van der Waals surface area (Å²) in [5.74, 6) is -2.50. The van der Waals surface area contributed by atoms with E-state index in [1.54, 1.807) is 0 Å². The largest absolute Gasteiger partial charge is 0.448 e. The van der Waals surface area contributed by atoms with Gasteiger partial charge in [-0.05, 0) is 31.4 Å². The second-order valence-electron chi connectivity index (χ2n) is 6.31. The van der Waals surface area contributed by atoms with Gasteiger partial charge in [-0.2, -0.15) is 0 Å². The fraction of sp³-hybridized carbons (Fsp3) is 0.389. The molecule has 0 fully saturated rings. The lowest BCUT2D eigenvalue weighted by molar-refractivity contribution is -0.123. The van der Waals surface area contributed by atoms with Crippen molar-refractivity contribution in [1.82, 2.24) is 4.98 Å². The number of carbonyl (C=O) groups is 2. The summed E-state index contributed by atoms with van der Waals surface area (Å²) in [7, 11) is 0. The number of esters is 1. The Bertz CT molecular complexity index is 811. The number of hydrogen-bond acceptors (Lipinski definition) is 6. The van der Waals surface area contributed by atoms with Gasteiger partial charge < -0.3 is 15.4 Å². The number of thiazole rings is 1. The monoisotopic (exact) mass is 397 g/mol. The topological polar surface area (TPSA) is 80.3 Å². The zero-order valence-corrected chi connectivity index (χ0v) is 16.0. The van der Waals surface area contributed by atoms with Crippen LogP contribution in [0.5, 0.6) is 0 Å². The summed E-state index contributed by atoms with van der Waals surface area (Å²) in [6.45, 7) is 6.28. The summed E-state index contributed by atoms with van der Waals surface area (Å²) >= 11 is 1.26. The summed E-state index contributed by atoms with van der Waals surface area (Å²) in [5.41, 5.74) is -0.253. The highest BCUT2D eigenvalue weighted by Gasteiger charge is 2.22. The highest BCUT2D eigenvalue weighted by atomic mass is 32.1. The number of anilines is 2. The molecule has 0 radical (unpaired) electrons. The molecule has 0 unspecified atom stereocenters. The number of nitrogens with one attached hydrogen (secondary N) is 2. The Hall–Kier alpha value is -2.55. The summed E-state index contributed by atoms with van der Waals surface area (Å²) in [5, 5.41) is 7.41. The van der Waals surface area contributed by atoms with Crippen LogP contribution in [0.25, 0.3) is 0 Å². The van der Waals surface area contributed by atoms with E-state index in [2.05, 4.69) is 29.5 Å². The number of ether oxygens (including phenoxy) is 1. The zero-order chi connectivity index (χ0) is 20.0. The maximum Gasteiger partial charge on any atom is 0.358 e. The molecule has 0 saturated carbocycles. The first-order valence-corrected chi connectivity index (χ1v) is 9.30. The number of rotatable bonds is 8. The van der Waals surface area contributed by atoms with Gasteiger partial charge in [0.25, 0.3) is 5.91 Å². The molecule has 27 heavy (non-hydrogen) atoms. The molecule has 6 nitrogen and oxygen atoms in total. The number of amides is 1. The van der Waals surface area contributed by atoms with E-state index in [1.165, 1.54) is 23.6 Å². The van der Waals surface area contributed by atoms with Crippen molar-refractivity contribution in [2.45, 2.75) is 33.3 Å². The van der Waals surface area contributed by atoms with Crippen molar-refractivity contribution in [2.75, 3.05) is 17.2 Å². The van der Waals surface area contributed by atoms with Crippen molar-refractivity contribution < 1.29 is 23.1 Å². The van der Waals surface area contributed by atoms with E-state index in [9.17, 15) is 18.4 Å². The summed E-state index contributed by atoms with van der Waals surface area (Å²) in [6, 6.07) is 2.67. The Morgan fingerprint density at radius 1 is 1.26 bits per heavy atom. The summed E-state index contributed by atoms with van der Waals surface area (Å²) in [4.78, 5) is 28.3. The average Bonchev–Trinajstić information content (AvgIpc) is 3.06. The molecular formula is C18H21F2N3O3S. The zero-order valence-electron chi connectivity index (χ0n) is 15.2. The van der Waals surface area contributed by atoms with Crippen LogP contribution >= 0.6 is 11.3 Å². The van der Waals surface area contributed by atoms with Crippen molar-refractivity contribution in [3.63, 3.8) is 0 Å². The van der Waals surface area contributed by atoms with Gasteiger partial charge in [0, 0.05) is 18.0 Å². The first kappa shape index (κ1) is 20.8. The molecule has 9 heteroatoms. The van der Waals surface area contributed by atoms with E-state index in [1.807, 2.05) is 0 Å². The normalized spacial score (nSPS) is 11.9. The number of benzene rings is 1. The van der Waals surface area contributed by atoms with Gasteiger partial charge in [0.05, 0.1) is 5.69 Å². The minimum Gasteiger partial charge on any atom is -0.448 e. The third-order valence-electron chi connectivity index (χ3n) is 3.55. The molecule has 0 spiro atoms. The lowest BCUT2D eigenvalue weighted by Gasteiger charge is -2.13. The molecule has 2 rings (SSSR count). The molecule has 2 N–H and O–H groups in total. The Labute approximate surface area is 160 Å². The molecule has 2 aromatic rings. The van der Waals surface area contributed by atoms with E-state index in [4.69, 9.17) is 4.74 Å². The predicted molar refractivity (Wildman–Crippen MR) is 99.9 cm³/mol. The lowest BCUT2D eigenvalue weighted by Crippen LogP contribution is -2.30. The van der Waals surface area contributed by atoms with Crippen LogP contribution in [0, 0.1) is 17.6 Å². The predicted octanol–water partition coefficient (Wildman–Crippen LogP) is 4.06. The number of carbonyl (C=O) groups excluding carboxylic acids is 2. The molecule has 1 aromatic carbocycles. The van der Waals surface area contributed by atoms with E-state index < -0.39 is 29.6 Å². The van der Waals surface area contributed by atoms with Crippen molar-refractivity contribution >= 4 is 34.0 Å². The van der Waals surface area contributed by atoms with Crippen LogP contribution in [0.2, 0.25) is 0 Å². The van der Waals surface area contributed by atoms with Crippen LogP contribution in [0.15, 0.2) is 23.6 Å². The van der Waals surface area contributed by atoms with Gasteiger partial charge in [-0.1, -0.05) is 13.8 Å². The lowest BCUT2D eigenvalue weighted by atomic mass is 10.1. The van der Waals surface area contributed by atoms with Gasteiger partial charge in [-0.3, -0.25) is 4.79 Å². The first-order valence-electron chi connectivity index (χ1n) is 8.42. The molecule has 0 aliphatic rings. The molecule has 0 saturated heterocycles. The van der Waals surface area contributed by atoms with Crippen molar-refractivity contribution in [3.8, 4) is 0 Å². The number of hydrogen-bond donors (Lipinski definition) is 2. The number of aromatic nitrogens is 1. The Balaban J connectivity index is 1.90. The molecule has 1 aromatic heterocycles. The molecule has 0 bridgehead atoms. The van der Waals surface area contributed by atoms with Crippen LogP contribution in [-0.4, -0.2) is 29.5 Å². The quantitative estimate of drug-likeness (QED) is 0.657. The first-order chi connectivity index (χ1) is 12.8. The Morgan fingerprint density at radius 2 is 2.00 bits per heavy atom. The SMILES string of the molecule is CC(C)CCNc1nc(C(=O)O[C@H](C)C(=O)Nc2cc(F)ccc2F)cs1. The number of halogens is 2. The van der Waals surface area contributed by atoms with Crippen LogP contribution in [0.1, 0.15) is 37.7 Å². The highest BCUT2D eigenvalue weighted by Crippen LogP contribution is 2.18. The summed E-state index contributed by atoms with van der Waals surface area (Å²) in [6.07, 6.45) is -0.244. The number of nitrogens with zero attached hydrogens (tertiary/aromatic N) is 1. The van der Waals surface area contributed by atoms with E-state index >= 15 is 0 Å². The Kier molecular flexibility index (Phi) is 7.23. The van der Waals surface area contributed by atoms with Gasteiger partial charge in [0.1, 0.15) is 11.6 Å². The van der Waals surface area contributed by atoms with E-state index in [0.717, 1.165) is 31.2 Å². The highest BCUT2D eigenvalue weighted by molar-refractivity contribution is 7.13. The summed E-state index contributed by atoms with van der Waals surface area (Å²) < 4.78 is 31.8. The molecular weight excluding hydrogens is 376 g/mol. The van der Waals surface area contributed by atoms with Crippen molar-refractivity contribution in [2.24, 2.45) is 5.92 Å². The van der Waals surface area contributed by atoms with Crippen LogP contribution in [0.4, 0.5) is 19.6 Å². The third kappa shape index (κ3) is 6.28. The van der Waals surface area contributed by atoms with Gasteiger partial charge in [-0.15, -0.1) is 11.3 Å². The van der Waals surface area contributed by atoms with Crippen molar-refractivity contribution in [3.05, 3.63) is 40.9 Å². The van der Waals surface area contributed by atoms with Crippen LogP contribution < -0.4 is 10.6 Å². The fourth-order valence-corrected chi connectivity index (χ4v) is 2.73. The molecule has 1 amide bonds. The molecule has 1 atom stereocenters. The minimum atomic E-state index is -1.21. The smallest absolute Gasteiger partial charge is 0.358 e. The Morgan fingerprint density at radius 3 is 2.70 bits per heavy atom. The molecule has 0 aliphatic carbocycles. The van der Waals surface area contributed by atoms with Crippen LogP contribution in [-0.2, 0) is 9.53 Å². The fourth-order valence-electron chi connectivity index (χ4n) is 2.02. The second-order valence-corrected chi connectivity index (χ2v) is 7.17. The van der Waals surface area contributed by atoms with E-state index in [-0.39, 0.29) is 11.4 Å². The van der Waals surface area contributed by atoms with Gasteiger partial charge in [0.2, 0.25) is 0 Å². The maximum absolute atomic E-state index is 13.6. The maximum atomic E-state index is 13.6. The third-order valence-corrected chi connectivity index (χ3v) is 4.35. The average molecular weight is 397 g/mol. The van der Waals surface area contributed by atoms with Gasteiger partial charge in [0.15, 0.2) is 16.9 Å². The minimum absolute atomic E-state index is 0.0728. The molecule has 146 valence electrons. The van der Waals surface area contributed by atoms with Crippen molar-refractivity contribution in [1.29, 1.82) is 0 Å². The van der Waals surface area contributed by atoms with E-state index in [0.29, 0.717) is 11.0 Å². The second kappa shape index (κ2) is 9.40. The standard InChI is InChI=1S/C18H21F2N3O3S/c1-10(2)6-7-21-18-23-15(9-27-18)17(25)26-11(3)16(24)22-14-8-12(19)4-5-13(14)20/h4-5,8-11H,6-7H2,1-3H3,(H,21,23)(H,22,24)/t11-/m1/s1. The van der Waals surface area contributed by atoms with Crippen LogP contribution in [0.3, 0.4) is 0 Å². The molecule has 0 aliphatic heterocycles. The van der Waals surface area contributed by atoms with Gasteiger partial charge in [-0.25, -0.2) is 18.6 Å². The van der Waals surface area contributed by atoms with Gasteiger partial charge >= 0.3 is 5.97 Å².